The average molecular weight is 441 g/mol. The molecular weight excluding hydrogens is 418 g/mol. The van der Waals surface area contributed by atoms with Crippen LogP contribution in [0.2, 0.25) is 0 Å². The molecule has 4 rings (SSSR count). The largest absolute Gasteiger partial charge is 0.507 e. The number of ether oxygens (including phenoxy) is 1. The lowest BCUT2D eigenvalue weighted by molar-refractivity contribution is 0.0951. The Morgan fingerprint density at radius 2 is 1.88 bits per heavy atom. The van der Waals surface area contributed by atoms with Crippen LogP contribution in [0.1, 0.15) is 32.7 Å². The first kappa shape index (κ1) is 21.8. The van der Waals surface area contributed by atoms with E-state index in [4.69, 9.17) is 4.74 Å². The van der Waals surface area contributed by atoms with Crippen LogP contribution in [-0.2, 0) is 6.54 Å². The number of aryl methyl sites for hydroxylation is 1. The topological polar surface area (TPSA) is 104 Å². The van der Waals surface area contributed by atoms with Gasteiger partial charge in [-0.3, -0.25) is 9.59 Å². The molecule has 33 heavy (non-hydrogen) atoms. The summed E-state index contributed by atoms with van der Waals surface area (Å²) in [6, 6.07) is 19.7. The summed E-state index contributed by atoms with van der Waals surface area (Å²) in [6.07, 6.45) is 1.30. The van der Waals surface area contributed by atoms with E-state index in [1.807, 2.05) is 31.2 Å². The third-order valence-electron chi connectivity index (χ3n) is 5.19. The van der Waals surface area contributed by atoms with Gasteiger partial charge in [-0.15, -0.1) is 0 Å². The van der Waals surface area contributed by atoms with Gasteiger partial charge in [0.2, 0.25) is 0 Å². The molecule has 0 bridgehead atoms. The summed E-state index contributed by atoms with van der Waals surface area (Å²) in [4.78, 5) is 32.2. The molecule has 0 saturated carbocycles. The van der Waals surface area contributed by atoms with Crippen molar-refractivity contribution >= 4 is 28.8 Å². The number of hydrogen-bond acceptors (Lipinski definition) is 5. The Morgan fingerprint density at radius 1 is 1.09 bits per heavy atom. The van der Waals surface area contributed by atoms with Crippen LogP contribution in [0.3, 0.4) is 0 Å². The molecule has 1 aromatic heterocycles. The van der Waals surface area contributed by atoms with Gasteiger partial charge in [-0.1, -0.05) is 42.0 Å². The van der Waals surface area contributed by atoms with E-state index in [1.54, 1.807) is 42.5 Å². The Kier molecular flexibility index (Phi) is 6.22. The smallest absolute Gasteiger partial charge is 0.274 e. The Balaban J connectivity index is 1.56. The second kappa shape index (κ2) is 9.40. The number of nitrogens with zero attached hydrogens (tertiary/aromatic N) is 1. The first-order chi connectivity index (χ1) is 15.9. The first-order valence-corrected chi connectivity index (χ1v) is 10.4. The molecular formula is C26H23N3O4. The van der Waals surface area contributed by atoms with Gasteiger partial charge in [0.05, 0.1) is 18.1 Å². The Morgan fingerprint density at radius 3 is 2.64 bits per heavy atom. The fraction of sp³-hybridized carbons (Fsp3) is 0.115. The summed E-state index contributed by atoms with van der Waals surface area (Å²) >= 11 is 0. The molecule has 7 heteroatoms. The number of hydrogen-bond donors (Lipinski definition) is 3. The molecule has 0 fully saturated rings. The van der Waals surface area contributed by atoms with Crippen LogP contribution in [-0.4, -0.2) is 28.1 Å². The predicted molar refractivity (Wildman–Crippen MR) is 128 cm³/mol. The molecule has 0 aliphatic heterocycles. The Hall–Kier alpha value is -4.39. The zero-order valence-electron chi connectivity index (χ0n) is 18.3. The average Bonchev–Trinajstić information content (AvgIpc) is 2.83. The van der Waals surface area contributed by atoms with Crippen molar-refractivity contribution in [3.63, 3.8) is 0 Å². The molecule has 0 aliphatic carbocycles. The van der Waals surface area contributed by atoms with Crippen molar-refractivity contribution in [1.82, 2.24) is 15.3 Å². The second-order valence-electron chi connectivity index (χ2n) is 7.61. The minimum absolute atomic E-state index is 0.0550. The van der Waals surface area contributed by atoms with Gasteiger partial charge in [0, 0.05) is 23.7 Å². The Labute approximate surface area is 190 Å². The van der Waals surface area contributed by atoms with E-state index in [-0.39, 0.29) is 17.4 Å². The first-order valence-electron chi connectivity index (χ1n) is 10.4. The summed E-state index contributed by atoms with van der Waals surface area (Å²) in [5, 5.41) is 13.3. The van der Waals surface area contributed by atoms with Crippen molar-refractivity contribution in [2.75, 3.05) is 7.11 Å². The maximum absolute atomic E-state index is 12.6. The number of aromatic nitrogens is 2. The summed E-state index contributed by atoms with van der Waals surface area (Å²) in [7, 11) is 1.53. The number of benzene rings is 3. The quantitative estimate of drug-likeness (QED) is 0.389. The van der Waals surface area contributed by atoms with E-state index in [1.165, 1.54) is 13.2 Å². The Bertz CT molecular complexity index is 1410. The van der Waals surface area contributed by atoms with Crippen LogP contribution in [0.15, 0.2) is 71.5 Å². The highest BCUT2D eigenvalue weighted by molar-refractivity contribution is 5.97. The highest BCUT2D eigenvalue weighted by Crippen LogP contribution is 2.20. The number of aromatic amines is 1. The molecule has 4 aromatic rings. The minimum Gasteiger partial charge on any atom is -0.507 e. The van der Waals surface area contributed by atoms with Crippen molar-refractivity contribution in [2.24, 2.45) is 0 Å². The number of methoxy groups -OCH3 is 1. The van der Waals surface area contributed by atoms with Crippen LogP contribution in [0.5, 0.6) is 5.75 Å². The molecule has 0 atom stereocenters. The molecule has 0 spiro atoms. The van der Waals surface area contributed by atoms with Crippen LogP contribution in [0.25, 0.3) is 22.9 Å². The zero-order chi connectivity index (χ0) is 23.4. The zero-order valence-corrected chi connectivity index (χ0v) is 18.3. The van der Waals surface area contributed by atoms with Gasteiger partial charge in [0.15, 0.2) is 0 Å². The molecule has 1 amide bonds. The maximum Gasteiger partial charge on any atom is 0.274 e. The molecule has 3 aromatic carbocycles. The SMILES string of the molecule is COc1cccc(/C(O)=C/c2nc3ccc(C(=O)NCc4ccc(C)cc4)cc3[nH]c2=O)c1. The third kappa shape index (κ3) is 5.10. The molecule has 0 radical (unpaired) electrons. The van der Waals surface area contributed by atoms with Crippen molar-refractivity contribution in [2.45, 2.75) is 13.5 Å². The van der Waals surface area contributed by atoms with E-state index >= 15 is 0 Å². The number of H-pyrrole nitrogens is 1. The molecule has 166 valence electrons. The molecule has 0 unspecified atom stereocenters. The third-order valence-corrected chi connectivity index (χ3v) is 5.19. The fourth-order valence-electron chi connectivity index (χ4n) is 3.33. The van der Waals surface area contributed by atoms with Crippen molar-refractivity contribution in [3.8, 4) is 5.75 Å². The van der Waals surface area contributed by atoms with Crippen LogP contribution < -0.4 is 15.6 Å². The standard InChI is InChI=1S/C26H23N3O4/c1-16-6-8-17(9-7-16)15-27-25(31)19-10-11-21-22(13-19)29-26(32)23(28-21)14-24(30)18-4-3-5-20(12-18)33-2/h3-14,30H,15H2,1-2H3,(H,27,31)(H,29,32)/b24-14-. The maximum atomic E-state index is 12.6. The highest BCUT2D eigenvalue weighted by Gasteiger charge is 2.10. The monoisotopic (exact) mass is 441 g/mol. The van der Waals surface area contributed by atoms with Crippen molar-refractivity contribution in [1.29, 1.82) is 0 Å². The molecule has 0 aliphatic rings. The molecule has 7 nitrogen and oxygen atoms in total. The van der Waals surface area contributed by atoms with E-state index in [2.05, 4.69) is 15.3 Å². The van der Waals surface area contributed by atoms with Crippen molar-refractivity contribution < 1.29 is 14.6 Å². The summed E-state index contributed by atoms with van der Waals surface area (Å²) in [6.45, 7) is 2.41. The van der Waals surface area contributed by atoms with Gasteiger partial charge in [-0.05, 0) is 42.8 Å². The van der Waals surface area contributed by atoms with Crippen LogP contribution in [0.4, 0.5) is 0 Å². The summed E-state index contributed by atoms with van der Waals surface area (Å²) < 4.78 is 5.16. The lowest BCUT2D eigenvalue weighted by atomic mass is 10.1. The lowest BCUT2D eigenvalue weighted by Crippen LogP contribution is -2.23. The van der Waals surface area contributed by atoms with Crippen molar-refractivity contribution in [3.05, 3.63) is 105 Å². The molecule has 0 saturated heterocycles. The number of amides is 1. The van der Waals surface area contributed by atoms with E-state index in [0.29, 0.717) is 34.5 Å². The predicted octanol–water partition coefficient (Wildman–Crippen LogP) is 4.23. The normalized spacial score (nSPS) is 11.4. The summed E-state index contributed by atoms with van der Waals surface area (Å²) in [5.41, 5.74) is 3.56. The van der Waals surface area contributed by atoms with Gasteiger partial charge in [0.1, 0.15) is 17.2 Å². The van der Waals surface area contributed by atoms with Gasteiger partial charge in [0.25, 0.3) is 11.5 Å². The number of carbonyl (C=O) groups is 1. The number of aliphatic hydroxyl groups excluding tert-OH is 1. The van der Waals surface area contributed by atoms with Crippen LogP contribution in [0, 0.1) is 6.92 Å². The van der Waals surface area contributed by atoms with Gasteiger partial charge in [-0.25, -0.2) is 4.98 Å². The number of rotatable bonds is 6. The van der Waals surface area contributed by atoms with Gasteiger partial charge < -0.3 is 20.1 Å². The number of carbonyl (C=O) groups excluding carboxylic acids is 1. The lowest BCUT2D eigenvalue weighted by Gasteiger charge is -2.07. The number of nitrogens with one attached hydrogen (secondary N) is 2. The van der Waals surface area contributed by atoms with Crippen LogP contribution >= 0.6 is 0 Å². The summed E-state index contributed by atoms with van der Waals surface area (Å²) in [5.74, 6) is 0.220. The van der Waals surface area contributed by atoms with E-state index < -0.39 is 5.56 Å². The number of aliphatic hydroxyl groups is 1. The number of fused-ring (bicyclic) bond motifs is 1. The second-order valence-corrected chi connectivity index (χ2v) is 7.61. The van der Waals surface area contributed by atoms with Gasteiger partial charge in [-0.2, -0.15) is 0 Å². The molecule has 1 heterocycles. The highest BCUT2D eigenvalue weighted by atomic mass is 16.5. The van der Waals surface area contributed by atoms with E-state index in [9.17, 15) is 14.7 Å². The fourth-order valence-corrected chi connectivity index (χ4v) is 3.33. The molecule has 3 N–H and O–H groups in total. The van der Waals surface area contributed by atoms with E-state index in [0.717, 1.165) is 11.1 Å². The minimum atomic E-state index is -0.478. The van der Waals surface area contributed by atoms with Gasteiger partial charge >= 0.3 is 0 Å².